The highest BCUT2D eigenvalue weighted by atomic mass is 32.2. The molecule has 100 valence electrons. The van der Waals surface area contributed by atoms with Crippen LogP contribution in [0.5, 0.6) is 0 Å². The normalized spacial score (nSPS) is 29.4. The van der Waals surface area contributed by atoms with Crippen LogP contribution in [-0.2, 0) is 14.8 Å². The summed E-state index contributed by atoms with van der Waals surface area (Å²) < 4.78 is 31.7. The fourth-order valence-corrected chi connectivity index (χ4v) is 4.43. The molecule has 2 aliphatic heterocycles. The molecular formula is C11H22N2O3S. The topological polar surface area (TPSA) is 58.6 Å². The number of nitrogens with zero attached hydrogens (tertiary/aromatic N) is 1. The zero-order chi connectivity index (χ0) is 12.3. The van der Waals surface area contributed by atoms with Gasteiger partial charge in [0.05, 0.1) is 11.9 Å². The summed E-state index contributed by atoms with van der Waals surface area (Å²) in [5.74, 6) is 0. The van der Waals surface area contributed by atoms with Crippen molar-refractivity contribution in [2.75, 3.05) is 33.4 Å². The van der Waals surface area contributed by atoms with Gasteiger partial charge in [-0.2, -0.15) is 0 Å². The largest absolute Gasteiger partial charge is 0.380 e. The molecule has 1 atom stereocenters. The Balaban J connectivity index is 1.96. The van der Waals surface area contributed by atoms with E-state index >= 15 is 0 Å². The minimum atomic E-state index is -3.14. The quantitative estimate of drug-likeness (QED) is 0.788. The van der Waals surface area contributed by atoms with Gasteiger partial charge in [-0.15, -0.1) is 0 Å². The maximum Gasteiger partial charge on any atom is 0.219 e. The molecule has 2 saturated heterocycles. The molecule has 0 radical (unpaired) electrons. The molecule has 0 aromatic carbocycles. The Kier molecular flexibility index (Phi) is 4.41. The number of ether oxygens (including phenoxy) is 1. The standard InChI is InChI=1S/C11H22N2O3S/c1-12-10-4-6-13(7-5-10)17(14,15)11-3-2-8-16-9-11/h10-12H,2-9H2,1H3. The van der Waals surface area contributed by atoms with Crippen molar-refractivity contribution in [2.24, 2.45) is 0 Å². The predicted molar refractivity (Wildman–Crippen MR) is 66.4 cm³/mol. The van der Waals surface area contributed by atoms with Crippen LogP contribution in [0.3, 0.4) is 0 Å². The van der Waals surface area contributed by atoms with E-state index in [2.05, 4.69) is 5.32 Å². The zero-order valence-electron chi connectivity index (χ0n) is 10.4. The molecule has 0 spiro atoms. The van der Waals surface area contributed by atoms with Gasteiger partial charge in [0.15, 0.2) is 0 Å². The molecule has 2 fully saturated rings. The van der Waals surface area contributed by atoms with Crippen molar-refractivity contribution in [3.63, 3.8) is 0 Å². The molecule has 0 aromatic rings. The van der Waals surface area contributed by atoms with E-state index in [9.17, 15) is 8.42 Å². The van der Waals surface area contributed by atoms with Gasteiger partial charge in [0.1, 0.15) is 0 Å². The maximum atomic E-state index is 12.4. The van der Waals surface area contributed by atoms with E-state index in [1.54, 1.807) is 4.31 Å². The molecule has 2 rings (SSSR count). The molecule has 5 nitrogen and oxygen atoms in total. The summed E-state index contributed by atoms with van der Waals surface area (Å²) in [6, 6.07) is 0.462. The molecule has 0 aromatic heterocycles. The highest BCUT2D eigenvalue weighted by Gasteiger charge is 2.35. The average Bonchev–Trinajstić information content (AvgIpc) is 2.40. The Hall–Kier alpha value is -0.170. The number of hydrogen-bond donors (Lipinski definition) is 1. The van der Waals surface area contributed by atoms with Gasteiger partial charge >= 0.3 is 0 Å². The van der Waals surface area contributed by atoms with Crippen molar-refractivity contribution in [3.8, 4) is 0 Å². The lowest BCUT2D eigenvalue weighted by Gasteiger charge is -2.34. The van der Waals surface area contributed by atoms with Crippen LogP contribution in [0.25, 0.3) is 0 Å². The summed E-state index contributed by atoms with van der Waals surface area (Å²) >= 11 is 0. The SMILES string of the molecule is CNC1CCN(S(=O)(=O)C2CCCOC2)CC1. The highest BCUT2D eigenvalue weighted by Crippen LogP contribution is 2.22. The Morgan fingerprint density at radius 1 is 1.24 bits per heavy atom. The minimum absolute atomic E-state index is 0.317. The van der Waals surface area contributed by atoms with E-state index in [4.69, 9.17) is 4.74 Å². The first kappa shape index (κ1) is 13.3. The van der Waals surface area contributed by atoms with Crippen LogP contribution in [-0.4, -0.2) is 57.4 Å². The summed E-state index contributed by atoms with van der Waals surface area (Å²) in [7, 11) is -1.20. The summed E-state index contributed by atoms with van der Waals surface area (Å²) in [6.07, 6.45) is 3.41. The van der Waals surface area contributed by atoms with Crippen LogP contribution >= 0.6 is 0 Å². The van der Waals surface area contributed by atoms with E-state index in [0.29, 0.717) is 32.3 Å². The average molecular weight is 262 g/mol. The van der Waals surface area contributed by atoms with Crippen LogP contribution in [0.1, 0.15) is 25.7 Å². The molecule has 6 heteroatoms. The second-order valence-corrected chi connectivity index (χ2v) is 7.06. The molecule has 2 aliphatic rings. The minimum Gasteiger partial charge on any atom is -0.380 e. The van der Waals surface area contributed by atoms with Gasteiger partial charge in [-0.1, -0.05) is 0 Å². The Morgan fingerprint density at radius 3 is 2.47 bits per heavy atom. The van der Waals surface area contributed by atoms with Crippen molar-refractivity contribution in [3.05, 3.63) is 0 Å². The fraction of sp³-hybridized carbons (Fsp3) is 1.00. The lowest BCUT2D eigenvalue weighted by molar-refractivity contribution is 0.0970. The molecule has 2 heterocycles. The van der Waals surface area contributed by atoms with Gasteiger partial charge < -0.3 is 10.1 Å². The Labute approximate surface area is 104 Å². The predicted octanol–water partition coefficient (Wildman–Crippen LogP) is 0.179. The van der Waals surface area contributed by atoms with Gasteiger partial charge in [-0.05, 0) is 32.7 Å². The maximum absolute atomic E-state index is 12.4. The lowest BCUT2D eigenvalue weighted by Crippen LogP contribution is -2.48. The summed E-state index contributed by atoms with van der Waals surface area (Å²) in [5, 5.41) is 2.89. The monoisotopic (exact) mass is 262 g/mol. The number of sulfonamides is 1. The van der Waals surface area contributed by atoms with Gasteiger partial charge in [-0.3, -0.25) is 0 Å². The van der Waals surface area contributed by atoms with Crippen LogP contribution in [0.2, 0.25) is 0 Å². The zero-order valence-corrected chi connectivity index (χ0v) is 11.2. The first-order valence-corrected chi connectivity index (χ1v) is 7.89. The van der Waals surface area contributed by atoms with Gasteiger partial charge in [0, 0.05) is 25.7 Å². The number of piperidine rings is 1. The molecule has 1 N–H and O–H groups in total. The van der Waals surface area contributed by atoms with Crippen LogP contribution in [0.4, 0.5) is 0 Å². The van der Waals surface area contributed by atoms with Gasteiger partial charge in [0.25, 0.3) is 0 Å². The first-order chi connectivity index (χ1) is 8.14. The third-order valence-corrected chi connectivity index (χ3v) is 6.06. The Morgan fingerprint density at radius 2 is 1.94 bits per heavy atom. The second-order valence-electron chi connectivity index (χ2n) is 4.85. The highest BCUT2D eigenvalue weighted by molar-refractivity contribution is 7.89. The summed E-state index contributed by atoms with van der Waals surface area (Å²) in [5.41, 5.74) is 0. The van der Waals surface area contributed by atoms with Crippen LogP contribution < -0.4 is 5.32 Å². The molecule has 1 unspecified atom stereocenters. The lowest BCUT2D eigenvalue weighted by atomic mass is 10.1. The van der Waals surface area contributed by atoms with Crippen molar-refractivity contribution >= 4 is 10.0 Å². The third kappa shape index (κ3) is 2.99. The summed E-state index contributed by atoms with van der Waals surface area (Å²) in [6.45, 7) is 2.36. The van der Waals surface area contributed by atoms with Crippen molar-refractivity contribution < 1.29 is 13.2 Å². The van der Waals surface area contributed by atoms with Crippen LogP contribution in [0.15, 0.2) is 0 Å². The Bertz CT molecular complexity index is 331. The van der Waals surface area contributed by atoms with Crippen LogP contribution in [0, 0.1) is 0 Å². The fourth-order valence-electron chi connectivity index (χ4n) is 2.56. The van der Waals surface area contributed by atoms with E-state index in [0.717, 1.165) is 25.7 Å². The molecule has 0 amide bonds. The van der Waals surface area contributed by atoms with E-state index in [-0.39, 0.29) is 5.25 Å². The number of rotatable bonds is 3. The number of hydrogen-bond acceptors (Lipinski definition) is 4. The van der Waals surface area contributed by atoms with E-state index < -0.39 is 10.0 Å². The third-order valence-electron chi connectivity index (χ3n) is 3.76. The second kappa shape index (κ2) is 5.65. The summed E-state index contributed by atoms with van der Waals surface area (Å²) in [4.78, 5) is 0. The van der Waals surface area contributed by atoms with Gasteiger partial charge in [0.2, 0.25) is 10.0 Å². The van der Waals surface area contributed by atoms with E-state index in [1.807, 2.05) is 7.05 Å². The van der Waals surface area contributed by atoms with Crippen molar-refractivity contribution in [2.45, 2.75) is 37.0 Å². The van der Waals surface area contributed by atoms with E-state index in [1.165, 1.54) is 0 Å². The van der Waals surface area contributed by atoms with Gasteiger partial charge in [-0.25, -0.2) is 12.7 Å². The number of nitrogens with one attached hydrogen (secondary N) is 1. The molecular weight excluding hydrogens is 240 g/mol. The molecule has 0 aliphatic carbocycles. The molecule has 17 heavy (non-hydrogen) atoms. The smallest absolute Gasteiger partial charge is 0.219 e. The van der Waals surface area contributed by atoms with Crippen molar-refractivity contribution in [1.29, 1.82) is 0 Å². The molecule has 0 saturated carbocycles. The van der Waals surface area contributed by atoms with Crippen molar-refractivity contribution in [1.82, 2.24) is 9.62 Å². The molecule has 0 bridgehead atoms. The first-order valence-electron chi connectivity index (χ1n) is 6.38.